The van der Waals surface area contributed by atoms with E-state index in [4.69, 9.17) is 9.47 Å². The van der Waals surface area contributed by atoms with Gasteiger partial charge in [-0.2, -0.15) is 0 Å². The van der Waals surface area contributed by atoms with Crippen LogP contribution >= 0.6 is 0 Å². The van der Waals surface area contributed by atoms with Gasteiger partial charge in [-0.3, -0.25) is 9.69 Å². The summed E-state index contributed by atoms with van der Waals surface area (Å²) in [6.45, 7) is 2.22. The molecule has 0 spiro atoms. The van der Waals surface area contributed by atoms with E-state index in [2.05, 4.69) is 0 Å². The Hall–Kier alpha value is -2.44. The number of benzene rings is 2. The number of carbonyl (C=O) groups excluding carboxylic acids is 1. The van der Waals surface area contributed by atoms with Crippen molar-refractivity contribution in [2.45, 2.75) is 19.2 Å². The Bertz CT molecular complexity index is 769. The summed E-state index contributed by atoms with van der Waals surface area (Å²) in [5.74, 6) is 0.167. The highest BCUT2D eigenvalue weighted by atomic mass is 19.1. The van der Waals surface area contributed by atoms with Crippen LogP contribution in [0.3, 0.4) is 0 Å². The minimum Gasteiger partial charge on any atom is -0.497 e. The Morgan fingerprint density at radius 1 is 1.07 bits per heavy atom. The second kappa shape index (κ2) is 8.97. The fourth-order valence-corrected chi connectivity index (χ4v) is 3.30. The highest BCUT2D eigenvalue weighted by Crippen LogP contribution is 2.19. The van der Waals surface area contributed by atoms with Crippen molar-refractivity contribution < 1.29 is 18.7 Å². The Morgan fingerprint density at radius 3 is 2.52 bits per heavy atom. The number of methoxy groups -OCH3 is 2. The van der Waals surface area contributed by atoms with E-state index in [-0.39, 0.29) is 24.4 Å². The number of nitrogens with zero attached hydrogens (tertiary/aromatic N) is 2. The van der Waals surface area contributed by atoms with E-state index < -0.39 is 0 Å². The number of halogens is 1. The van der Waals surface area contributed by atoms with Crippen molar-refractivity contribution in [3.05, 3.63) is 65.5 Å². The highest BCUT2D eigenvalue weighted by Gasteiger charge is 2.28. The molecule has 2 aromatic rings. The van der Waals surface area contributed by atoms with E-state index in [9.17, 15) is 9.18 Å². The van der Waals surface area contributed by atoms with Crippen LogP contribution in [0.25, 0.3) is 0 Å². The molecule has 2 aromatic carbocycles. The molecule has 0 aromatic heterocycles. The molecule has 1 amide bonds. The summed E-state index contributed by atoms with van der Waals surface area (Å²) < 4.78 is 24.9. The smallest absolute Gasteiger partial charge is 0.237 e. The predicted molar refractivity (Wildman–Crippen MR) is 101 cm³/mol. The van der Waals surface area contributed by atoms with Gasteiger partial charge >= 0.3 is 0 Å². The van der Waals surface area contributed by atoms with E-state index in [1.165, 1.54) is 13.2 Å². The largest absolute Gasteiger partial charge is 0.497 e. The van der Waals surface area contributed by atoms with Crippen LogP contribution in [-0.2, 0) is 22.6 Å². The van der Waals surface area contributed by atoms with Gasteiger partial charge in [0, 0.05) is 44.9 Å². The first-order chi connectivity index (χ1) is 13.1. The van der Waals surface area contributed by atoms with Crippen LogP contribution in [0, 0.1) is 5.82 Å². The summed E-state index contributed by atoms with van der Waals surface area (Å²) in [6, 6.07) is 14.7. The van der Waals surface area contributed by atoms with Crippen molar-refractivity contribution in [2.24, 2.45) is 0 Å². The Kier molecular flexibility index (Phi) is 6.42. The number of hydrogen-bond donors (Lipinski definition) is 0. The average molecular weight is 372 g/mol. The number of ether oxygens (including phenoxy) is 2. The molecule has 144 valence electrons. The standard InChI is InChI=1S/C21H25FN2O3/c1-26-18-9-8-17(20(22)10-18)12-23-13-19(27-2)14-24(21(25)15-23)11-16-6-4-3-5-7-16/h3-10,19H,11-15H2,1-2H3/t19-/m0/s1. The maximum absolute atomic E-state index is 14.3. The van der Waals surface area contributed by atoms with Crippen LogP contribution in [0.15, 0.2) is 48.5 Å². The van der Waals surface area contributed by atoms with E-state index in [0.29, 0.717) is 37.5 Å². The molecule has 0 saturated carbocycles. The van der Waals surface area contributed by atoms with Gasteiger partial charge in [-0.1, -0.05) is 36.4 Å². The third kappa shape index (κ3) is 5.05. The summed E-state index contributed by atoms with van der Waals surface area (Å²) in [5, 5.41) is 0. The third-order valence-corrected chi connectivity index (χ3v) is 4.80. The molecular formula is C21H25FN2O3. The lowest BCUT2D eigenvalue weighted by Crippen LogP contribution is -2.37. The topological polar surface area (TPSA) is 42.0 Å². The Balaban J connectivity index is 1.72. The molecule has 1 aliphatic rings. The molecule has 0 unspecified atom stereocenters. The fourth-order valence-electron chi connectivity index (χ4n) is 3.30. The molecule has 1 saturated heterocycles. The van der Waals surface area contributed by atoms with Crippen molar-refractivity contribution in [1.82, 2.24) is 9.80 Å². The van der Waals surface area contributed by atoms with Gasteiger partial charge in [0.15, 0.2) is 0 Å². The van der Waals surface area contributed by atoms with Crippen molar-refractivity contribution in [3.63, 3.8) is 0 Å². The fraction of sp³-hybridized carbons (Fsp3) is 0.381. The summed E-state index contributed by atoms with van der Waals surface area (Å²) in [6.07, 6.45) is -0.124. The quantitative estimate of drug-likeness (QED) is 0.782. The monoisotopic (exact) mass is 372 g/mol. The van der Waals surface area contributed by atoms with Gasteiger partial charge in [0.1, 0.15) is 11.6 Å². The molecule has 1 fully saturated rings. The minimum absolute atomic E-state index is 0.0207. The van der Waals surface area contributed by atoms with Crippen molar-refractivity contribution in [2.75, 3.05) is 33.9 Å². The second-order valence-corrected chi connectivity index (χ2v) is 6.74. The van der Waals surface area contributed by atoms with Crippen LogP contribution in [0.2, 0.25) is 0 Å². The maximum atomic E-state index is 14.3. The van der Waals surface area contributed by atoms with E-state index in [0.717, 1.165) is 5.56 Å². The van der Waals surface area contributed by atoms with E-state index >= 15 is 0 Å². The molecule has 3 rings (SSSR count). The Morgan fingerprint density at radius 2 is 1.85 bits per heavy atom. The molecular weight excluding hydrogens is 347 g/mol. The van der Waals surface area contributed by atoms with Crippen LogP contribution < -0.4 is 4.74 Å². The molecule has 6 heteroatoms. The van der Waals surface area contributed by atoms with Gasteiger partial charge in [-0.15, -0.1) is 0 Å². The van der Waals surface area contributed by atoms with Gasteiger partial charge < -0.3 is 14.4 Å². The van der Waals surface area contributed by atoms with Crippen molar-refractivity contribution in [1.29, 1.82) is 0 Å². The summed E-state index contributed by atoms with van der Waals surface area (Å²) in [7, 11) is 3.15. The van der Waals surface area contributed by atoms with E-state index in [1.54, 1.807) is 19.2 Å². The third-order valence-electron chi connectivity index (χ3n) is 4.80. The molecule has 0 radical (unpaired) electrons. The SMILES string of the molecule is COc1ccc(CN2CC(=O)N(Cc3ccccc3)C[C@@H](OC)C2)c(F)c1. The molecule has 0 aliphatic carbocycles. The first-order valence-corrected chi connectivity index (χ1v) is 8.98. The lowest BCUT2D eigenvalue weighted by atomic mass is 10.2. The zero-order valence-electron chi connectivity index (χ0n) is 15.7. The molecule has 1 aliphatic heterocycles. The minimum atomic E-state index is -0.332. The zero-order chi connectivity index (χ0) is 19.2. The highest BCUT2D eigenvalue weighted by molar-refractivity contribution is 5.78. The average Bonchev–Trinajstić information content (AvgIpc) is 2.82. The predicted octanol–water partition coefficient (Wildman–Crippen LogP) is 2.69. The van der Waals surface area contributed by atoms with Crippen LogP contribution in [0.4, 0.5) is 4.39 Å². The number of carbonyl (C=O) groups is 1. The number of rotatable bonds is 6. The van der Waals surface area contributed by atoms with Crippen molar-refractivity contribution >= 4 is 5.91 Å². The van der Waals surface area contributed by atoms with Gasteiger partial charge in [0.25, 0.3) is 0 Å². The zero-order valence-corrected chi connectivity index (χ0v) is 15.7. The van der Waals surface area contributed by atoms with E-state index in [1.807, 2.05) is 40.1 Å². The molecule has 1 heterocycles. The Labute approximate surface area is 159 Å². The van der Waals surface area contributed by atoms with Gasteiger partial charge in [0.2, 0.25) is 5.91 Å². The first-order valence-electron chi connectivity index (χ1n) is 8.98. The lowest BCUT2D eigenvalue weighted by molar-refractivity contribution is -0.132. The molecule has 1 atom stereocenters. The number of hydrogen-bond acceptors (Lipinski definition) is 4. The maximum Gasteiger partial charge on any atom is 0.237 e. The lowest BCUT2D eigenvalue weighted by Gasteiger charge is -2.23. The second-order valence-electron chi connectivity index (χ2n) is 6.74. The number of amides is 1. The van der Waals surface area contributed by atoms with Gasteiger partial charge in [-0.05, 0) is 11.6 Å². The molecule has 5 nitrogen and oxygen atoms in total. The van der Waals surface area contributed by atoms with Gasteiger partial charge in [-0.25, -0.2) is 4.39 Å². The summed E-state index contributed by atoms with van der Waals surface area (Å²) >= 11 is 0. The molecule has 0 bridgehead atoms. The van der Waals surface area contributed by atoms with Gasteiger partial charge in [0.05, 0.1) is 19.8 Å². The van der Waals surface area contributed by atoms with Crippen molar-refractivity contribution in [3.8, 4) is 5.75 Å². The first kappa shape index (κ1) is 19.3. The van der Waals surface area contributed by atoms with Crippen LogP contribution in [0.1, 0.15) is 11.1 Å². The normalized spacial score (nSPS) is 18.4. The van der Waals surface area contributed by atoms with Crippen LogP contribution in [0.5, 0.6) is 5.75 Å². The molecule has 27 heavy (non-hydrogen) atoms. The van der Waals surface area contributed by atoms with Crippen LogP contribution in [-0.4, -0.2) is 55.7 Å². The summed E-state index contributed by atoms with van der Waals surface area (Å²) in [5.41, 5.74) is 1.62. The molecule has 0 N–H and O–H groups in total. The summed E-state index contributed by atoms with van der Waals surface area (Å²) in [4.78, 5) is 16.5.